The zero-order chi connectivity index (χ0) is 6.97. The molecule has 0 N–H and O–H groups in total. The van der Waals surface area contributed by atoms with Crippen LogP contribution in [0.5, 0.6) is 0 Å². The normalized spacial score (nSPS) is 28.6. The topological polar surface area (TPSA) is 29.4 Å². The molecule has 0 radical (unpaired) electrons. The van der Waals surface area contributed by atoms with Crippen LogP contribution >= 0.6 is 0 Å². The second-order valence-corrected chi connectivity index (χ2v) is 2.51. The lowest BCUT2D eigenvalue weighted by molar-refractivity contribution is -0.110. The Kier molecular flexibility index (Phi) is 1.07. The number of hydrogen-bond donors (Lipinski definition) is 0. The number of fused-ring (bicyclic) bond motifs is 1. The van der Waals surface area contributed by atoms with Gasteiger partial charge >= 0.3 is 0 Å². The van der Waals surface area contributed by atoms with Gasteiger partial charge in [0.1, 0.15) is 0 Å². The summed E-state index contributed by atoms with van der Waals surface area (Å²) in [5.74, 6) is 0.470. The number of rotatable bonds is 0. The summed E-state index contributed by atoms with van der Waals surface area (Å²) in [4.78, 5) is 14.8. The van der Waals surface area contributed by atoms with E-state index in [1.807, 2.05) is 6.08 Å². The van der Waals surface area contributed by atoms with Gasteiger partial charge < -0.3 is 0 Å². The van der Waals surface area contributed by atoms with Gasteiger partial charge in [0.15, 0.2) is 5.78 Å². The maximum absolute atomic E-state index is 10.8. The number of aliphatic imine (C=N–C) groups is 1. The molecule has 1 aliphatic heterocycles. The van der Waals surface area contributed by atoms with Crippen molar-refractivity contribution in [3.8, 4) is 0 Å². The van der Waals surface area contributed by atoms with E-state index in [0.717, 1.165) is 12.1 Å². The van der Waals surface area contributed by atoms with Crippen LogP contribution in [0, 0.1) is 5.92 Å². The van der Waals surface area contributed by atoms with E-state index >= 15 is 0 Å². The van der Waals surface area contributed by atoms with Crippen molar-refractivity contribution >= 4 is 12.0 Å². The van der Waals surface area contributed by atoms with Crippen LogP contribution in [0.1, 0.15) is 0 Å². The van der Waals surface area contributed by atoms with Crippen LogP contribution in [0.2, 0.25) is 0 Å². The monoisotopic (exact) mass is 133 g/mol. The maximum atomic E-state index is 10.8. The molecule has 2 heteroatoms. The van der Waals surface area contributed by atoms with Crippen LogP contribution in [-0.2, 0) is 4.79 Å². The lowest BCUT2D eigenvalue weighted by atomic mass is 9.96. The molecule has 0 fully saturated rings. The van der Waals surface area contributed by atoms with Crippen molar-refractivity contribution in [2.45, 2.75) is 0 Å². The first-order valence-corrected chi connectivity index (χ1v) is 3.30. The first-order chi connectivity index (χ1) is 4.86. The van der Waals surface area contributed by atoms with Crippen LogP contribution in [0.3, 0.4) is 0 Å². The van der Waals surface area contributed by atoms with Crippen LogP contribution in [0.15, 0.2) is 28.8 Å². The van der Waals surface area contributed by atoms with Gasteiger partial charge in [0.2, 0.25) is 0 Å². The van der Waals surface area contributed by atoms with Gasteiger partial charge in [0, 0.05) is 18.7 Å². The Labute approximate surface area is 59.0 Å². The second kappa shape index (κ2) is 1.90. The quantitative estimate of drug-likeness (QED) is 0.479. The average Bonchev–Trinajstić information content (AvgIpc) is 2.33. The third-order valence-electron chi connectivity index (χ3n) is 1.77. The molecular weight excluding hydrogens is 126 g/mol. The molecule has 0 saturated heterocycles. The summed E-state index contributed by atoms with van der Waals surface area (Å²) in [6.45, 7) is 0.815. The number of carbonyl (C=O) groups is 1. The lowest BCUT2D eigenvalue weighted by Gasteiger charge is -2.06. The van der Waals surface area contributed by atoms with E-state index in [1.165, 1.54) is 0 Å². The van der Waals surface area contributed by atoms with E-state index in [0.29, 0.717) is 5.92 Å². The van der Waals surface area contributed by atoms with Crippen molar-refractivity contribution in [1.29, 1.82) is 0 Å². The highest BCUT2D eigenvalue weighted by Crippen LogP contribution is 2.20. The fourth-order valence-corrected chi connectivity index (χ4v) is 1.21. The molecule has 0 amide bonds. The smallest absolute Gasteiger partial charge is 0.178 e. The Morgan fingerprint density at radius 1 is 1.60 bits per heavy atom. The molecule has 0 saturated carbocycles. The third-order valence-corrected chi connectivity index (χ3v) is 1.77. The van der Waals surface area contributed by atoms with E-state index < -0.39 is 0 Å². The molecule has 1 aliphatic carbocycles. The summed E-state index contributed by atoms with van der Waals surface area (Å²) in [6, 6.07) is 0. The Hall–Kier alpha value is -1.18. The van der Waals surface area contributed by atoms with E-state index in [4.69, 9.17) is 0 Å². The summed E-state index contributed by atoms with van der Waals surface area (Å²) in [6.07, 6.45) is 6.97. The van der Waals surface area contributed by atoms with E-state index in [9.17, 15) is 4.79 Å². The molecule has 0 bridgehead atoms. The highest BCUT2D eigenvalue weighted by molar-refractivity contribution is 6.05. The van der Waals surface area contributed by atoms with Crippen molar-refractivity contribution in [1.82, 2.24) is 0 Å². The number of carbonyl (C=O) groups excluding carboxylic acids is 1. The minimum absolute atomic E-state index is 0.0830. The molecule has 0 aromatic carbocycles. The largest absolute Gasteiger partial charge is 0.292 e. The first kappa shape index (κ1) is 5.59. The fraction of sp³-hybridized carbons (Fsp3) is 0.250. The average molecular weight is 133 g/mol. The Bertz CT molecular complexity index is 260. The molecule has 1 atom stereocenters. The van der Waals surface area contributed by atoms with Gasteiger partial charge in [-0.05, 0) is 17.7 Å². The summed E-state index contributed by atoms with van der Waals surface area (Å²) >= 11 is 0. The highest BCUT2D eigenvalue weighted by Gasteiger charge is 2.18. The predicted octanol–water partition coefficient (Wildman–Crippen LogP) is 0.752. The summed E-state index contributed by atoms with van der Waals surface area (Å²) in [7, 11) is 0. The minimum Gasteiger partial charge on any atom is -0.292 e. The Morgan fingerprint density at radius 3 is 3.40 bits per heavy atom. The molecular formula is C8H7NO. The van der Waals surface area contributed by atoms with Crippen LogP contribution in [0.25, 0.3) is 0 Å². The van der Waals surface area contributed by atoms with Gasteiger partial charge in [0.05, 0.1) is 0 Å². The molecule has 0 aromatic heterocycles. The van der Waals surface area contributed by atoms with Crippen molar-refractivity contribution < 1.29 is 4.79 Å². The van der Waals surface area contributed by atoms with Gasteiger partial charge in [-0.15, -0.1) is 0 Å². The molecule has 1 unspecified atom stereocenters. The Morgan fingerprint density at radius 2 is 2.50 bits per heavy atom. The van der Waals surface area contributed by atoms with Crippen molar-refractivity contribution in [2.24, 2.45) is 10.9 Å². The van der Waals surface area contributed by atoms with Crippen molar-refractivity contribution in [3.05, 3.63) is 23.8 Å². The van der Waals surface area contributed by atoms with E-state index in [-0.39, 0.29) is 5.78 Å². The summed E-state index contributed by atoms with van der Waals surface area (Å²) in [5.41, 5.74) is 1.06. The predicted molar refractivity (Wildman–Crippen MR) is 39.1 cm³/mol. The van der Waals surface area contributed by atoms with Gasteiger partial charge in [-0.25, -0.2) is 0 Å². The van der Waals surface area contributed by atoms with Gasteiger partial charge in [0.25, 0.3) is 0 Å². The van der Waals surface area contributed by atoms with E-state index in [2.05, 4.69) is 4.99 Å². The number of hydrogen-bond acceptors (Lipinski definition) is 2. The van der Waals surface area contributed by atoms with Crippen LogP contribution < -0.4 is 0 Å². The number of nitrogens with zero attached hydrogens (tertiary/aromatic N) is 1. The van der Waals surface area contributed by atoms with Crippen molar-refractivity contribution in [3.63, 3.8) is 0 Å². The molecule has 0 aromatic rings. The number of ketones is 1. The van der Waals surface area contributed by atoms with Crippen LogP contribution in [-0.4, -0.2) is 18.5 Å². The SMILES string of the molecule is O=C1C=CC2CN=CC2=C1. The van der Waals surface area contributed by atoms with E-state index in [1.54, 1.807) is 18.4 Å². The van der Waals surface area contributed by atoms with Gasteiger partial charge in [-0.1, -0.05) is 6.08 Å². The molecule has 2 aliphatic rings. The Balaban J connectivity index is 2.37. The summed E-state index contributed by atoms with van der Waals surface area (Å²) in [5, 5.41) is 0. The lowest BCUT2D eigenvalue weighted by Crippen LogP contribution is -2.06. The first-order valence-electron chi connectivity index (χ1n) is 3.30. The second-order valence-electron chi connectivity index (χ2n) is 2.51. The molecule has 2 nitrogen and oxygen atoms in total. The zero-order valence-electron chi connectivity index (χ0n) is 5.45. The fourth-order valence-electron chi connectivity index (χ4n) is 1.21. The molecule has 0 spiro atoms. The highest BCUT2D eigenvalue weighted by atomic mass is 16.1. The summed E-state index contributed by atoms with van der Waals surface area (Å²) < 4.78 is 0. The van der Waals surface area contributed by atoms with Gasteiger partial charge in [-0.2, -0.15) is 0 Å². The molecule has 2 rings (SSSR count). The van der Waals surface area contributed by atoms with Gasteiger partial charge in [-0.3, -0.25) is 9.79 Å². The maximum Gasteiger partial charge on any atom is 0.178 e. The number of allylic oxidation sites excluding steroid dienone is 2. The van der Waals surface area contributed by atoms with Crippen LogP contribution in [0.4, 0.5) is 0 Å². The molecule has 50 valence electrons. The van der Waals surface area contributed by atoms with Crippen molar-refractivity contribution in [2.75, 3.05) is 6.54 Å². The zero-order valence-corrected chi connectivity index (χ0v) is 5.45. The molecule has 1 heterocycles. The third kappa shape index (κ3) is 0.727. The standard InChI is InChI=1S/C8H7NO/c10-8-2-1-6-4-9-5-7(6)3-8/h1-3,5-6H,4H2. The molecule has 10 heavy (non-hydrogen) atoms. The minimum atomic E-state index is 0.0830.